The Labute approximate surface area is 170 Å². The lowest BCUT2D eigenvalue weighted by molar-refractivity contribution is 0.0196. The van der Waals surface area contributed by atoms with Crippen molar-refractivity contribution in [2.24, 2.45) is 16.6 Å². The molecular weight excluding hydrogens is 402 g/mol. The van der Waals surface area contributed by atoms with Gasteiger partial charge in [0.15, 0.2) is 11.3 Å². The lowest BCUT2D eigenvalue weighted by Crippen LogP contribution is -2.43. The first-order chi connectivity index (χ1) is 13.8. The van der Waals surface area contributed by atoms with E-state index in [4.69, 9.17) is 27.3 Å². The van der Waals surface area contributed by atoms with Crippen LogP contribution in [0, 0.1) is 17.2 Å². The highest BCUT2D eigenvalue weighted by Crippen LogP contribution is 2.56. The molecule has 1 aromatic carbocycles. The smallest absolute Gasteiger partial charge is 0.283 e. The summed E-state index contributed by atoms with van der Waals surface area (Å²) in [5.41, 5.74) is 4.89. The number of carbonyl (C=O) groups is 1. The van der Waals surface area contributed by atoms with Crippen LogP contribution in [0.3, 0.4) is 0 Å². The summed E-state index contributed by atoms with van der Waals surface area (Å²) < 4.78 is 33.7. The van der Waals surface area contributed by atoms with Gasteiger partial charge in [-0.15, -0.1) is 0 Å². The predicted octanol–water partition coefficient (Wildman–Crippen LogP) is 3.23. The van der Waals surface area contributed by atoms with E-state index in [1.807, 2.05) is 6.07 Å². The maximum absolute atomic E-state index is 14.2. The van der Waals surface area contributed by atoms with E-state index in [1.54, 1.807) is 6.07 Å². The molecule has 4 rings (SSSR count). The van der Waals surface area contributed by atoms with Gasteiger partial charge < -0.3 is 10.5 Å². The summed E-state index contributed by atoms with van der Waals surface area (Å²) in [6.07, 6.45) is -1.61. The highest BCUT2D eigenvalue weighted by atomic mass is 35.5. The Bertz CT molecular complexity index is 1050. The SMILES string of the molecule is N#Cc1ccc(C(=O)Cc2ccc(Cl)c([C@]3(C(F)F)N=C(N)O[C@H]4C[C@H]43)c2)nc1. The highest BCUT2D eigenvalue weighted by molar-refractivity contribution is 6.31. The monoisotopic (exact) mass is 416 g/mol. The minimum Gasteiger partial charge on any atom is -0.462 e. The molecule has 1 aliphatic heterocycles. The molecule has 148 valence electrons. The van der Waals surface area contributed by atoms with Crippen molar-refractivity contribution in [3.63, 3.8) is 0 Å². The minimum absolute atomic E-state index is 0.0633. The van der Waals surface area contributed by atoms with Crippen molar-refractivity contribution in [3.05, 3.63) is 63.9 Å². The first-order valence-corrected chi connectivity index (χ1v) is 9.21. The first kappa shape index (κ1) is 19.3. The van der Waals surface area contributed by atoms with Crippen molar-refractivity contribution < 1.29 is 18.3 Å². The van der Waals surface area contributed by atoms with Crippen LogP contribution in [-0.4, -0.2) is 29.3 Å². The number of hydrogen-bond acceptors (Lipinski definition) is 6. The quantitative estimate of drug-likeness (QED) is 0.754. The Morgan fingerprint density at radius 3 is 2.86 bits per heavy atom. The fourth-order valence-corrected chi connectivity index (χ4v) is 3.96. The van der Waals surface area contributed by atoms with Gasteiger partial charge in [-0.1, -0.05) is 23.7 Å². The summed E-state index contributed by atoms with van der Waals surface area (Å²) in [7, 11) is 0. The molecule has 29 heavy (non-hydrogen) atoms. The number of Topliss-reactive ketones (excluding diaryl/α,β-unsaturated/α-hetero) is 1. The van der Waals surface area contributed by atoms with Crippen molar-refractivity contribution >= 4 is 23.4 Å². The Hall–Kier alpha value is -3.05. The molecule has 0 spiro atoms. The van der Waals surface area contributed by atoms with Crippen molar-refractivity contribution in [2.45, 2.75) is 30.9 Å². The molecule has 1 saturated carbocycles. The maximum atomic E-state index is 14.2. The van der Waals surface area contributed by atoms with Gasteiger partial charge in [0, 0.05) is 29.1 Å². The number of pyridine rings is 1. The third kappa shape index (κ3) is 3.32. The topological polar surface area (TPSA) is 101 Å². The van der Waals surface area contributed by atoms with Crippen LogP contribution in [0.15, 0.2) is 41.5 Å². The van der Waals surface area contributed by atoms with Crippen LogP contribution in [0.5, 0.6) is 0 Å². The van der Waals surface area contributed by atoms with Crippen LogP contribution < -0.4 is 5.73 Å². The first-order valence-electron chi connectivity index (χ1n) is 8.83. The van der Waals surface area contributed by atoms with E-state index in [0.717, 1.165) is 0 Å². The Kier molecular flexibility index (Phi) is 4.71. The van der Waals surface area contributed by atoms with Crippen LogP contribution in [-0.2, 0) is 16.7 Å². The van der Waals surface area contributed by atoms with Crippen LogP contribution in [0.1, 0.15) is 33.6 Å². The minimum atomic E-state index is -2.84. The zero-order valence-corrected chi connectivity index (χ0v) is 15.7. The number of amidine groups is 1. The molecule has 0 bridgehead atoms. The molecule has 2 heterocycles. The summed E-state index contributed by atoms with van der Waals surface area (Å²) in [5.74, 6) is -0.841. The third-order valence-electron chi connectivity index (χ3n) is 5.20. The van der Waals surface area contributed by atoms with Gasteiger partial charge in [-0.3, -0.25) is 9.78 Å². The second kappa shape index (κ2) is 7.08. The van der Waals surface area contributed by atoms with Gasteiger partial charge in [-0.2, -0.15) is 5.26 Å². The second-order valence-corrected chi connectivity index (χ2v) is 7.44. The zero-order valence-electron chi connectivity index (χ0n) is 15.0. The number of ketones is 1. The Morgan fingerprint density at radius 2 is 2.21 bits per heavy atom. The third-order valence-corrected chi connectivity index (χ3v) is 5.53. The number of hydrogen-bond donors (Lipinski definition) is 1. The van der Waals surface area contributed by atoms with E-state index in [2.05, 4.69) is 9.98 Å². The van der Waals surface area contributed by atoms with Gasteiger partial charge in [0.2, 0.25) is 0 Å². The number of rotatable bonds is 5. The molecule has 1 aliphatic carbocycles. The van der Waals surface area contributed by atoms with Crippen LogP contribution >= 0.6 is 11.6 Å². The number of carbonyl (C=O) groups excluding carboxylic acids is 1. The molecular formula is C20H15ClF2N4O2. The molecule has 1 fully saturated rings. The number of nitrogens with two attached hydrogens (primary N) is 1. The molecule has 2 aliphatic rings. The fourth-order valence-electron chi connectivity index (χ4n) is 3.69. The van der Waals surface area contributed by atoms with Crippen LogP contribution in [0.2, 0.25) is 5.02 Å². The molecule has 0 amide bonds. The number of nitrogens with zero attached hydrogens (tertiary/aromatic N) is 3. The molecule has 0 unspecified atom stereocenters. The standard InChI is InChI=1S/C20H15ClF2N4O2/c21-14-3-1-10(6-16(28)15-4-2-11(8-24)9-26-15)5-12(14)20(18(22)23)13-7-17(13)29-19(25)27-20/h1-5,9,13,17-18H,6-7H2,(H2,25,27)/t13-,17+,20+/m1/s1. The Balaban J connectivity index is 1.68. The van der Waals surface area contributed by atoms with Crippen molar-refractivity contribution in [2.75, 3.05) is 0 Å². The van der Waals surface area contributed by atoms with E-state index < -0.39 is 24.0 Å². The number of ether oxygens (including phenoxy) is 1. The number of nitriles is 1. The number of aromatic nitrogens is 1. The summed E-state index contributed by atoms with van der Waals surface area (Å²) in [6.45, 7) is 0. The molecule has 3 atom stereocenters. The zero-order chi connectivity index (χ0) is 20.8. The molecule has 1 aromatic heterocycles. The van der Waals surface area contributed by atoms with E-state index >= 15 is 0 Å². The van der Waals surface area contributed by atoms with E-state index in [1.165, 1.54) is 30.5 Å². The van der Waals surface area contributed by atoms with Gasteiger partial charge in [0.25, 0.3) is 12.4 Å². The summed E-state index contributed by atoms with van der Waals surface area (Å²) >= 11 is 6.27. The molecule has 0 saturated heterocycles. The molecule has 0 radical (unpaired) electrons. The number of alkyl halides is 2. The summed E-state index contributed by atoms with van der Waals surface area (Å²) in [4.78, 5) is 20.5. The second-order valence-electron chi connectivity index (χ2n) is 7.03. The Morgan fingerprint density at radius 1 is 1.41 bits per heavy atom. The largest absolute Gasteiger partial charge is 0.462 e. The van der Waals surface area contributed by atoms with Gasteiger partial charge >= 0.3 is 0 Å². The maximum Gasteiger partial charge on any atom is 0.283 e. The average molecular weight is 417 g/mol. The lowest BCUT2D eigenvalue weighted by Gasteiger charge is -2.33. The number of benzene rings is 1. The lowest BCUT2D eigenvalue weighted by atomic mass is 9.83. The van der Waals surface area contributed by atoms with Crippen molar-refractivity contribution in [1.82, 2.24) is 4.98 Å². The summed E-state index contributed by atoms with van der Waals surface area (Å²) in [5, 5.41) is 8.94. The predicted molar refractivity (Wildman–Crippen MR) is 101 cm³/mol. The molecule has 2 N–H and O–H groups in total. The van der Waals surface area contributed by atoms with Gasteiger partial charge in [-0.25, -0.2) is 13.8 Å². The molecule has 2 aromatic rings. The number of halogens is 3. The van der Waals surface area contributed by atoms with Gasteiger partial charge in [0.05, 0.1) is 5.56 Å². The normalized spacial score (nSPS) is 24.9. The van der Waals surface area contributed by atoms with Crippen LogP contribution in [0.4, 0.5) is 8.78 Å². The van der Waals surface area contributed by atoms with Gasteiger partial charge in [0.1, 0.15) is 17.9 Å². The van der Waals surface area contributed by atoms with Crippen molar-refractivity contribution in [3.8, 4) is 6.07 Å². The molecule has 9 heteroatoms. The van der Waals surface area contributed by atoms with E-state index in [-0.39, 0.29) is 34.5 Å². The molecule has 6 nitrogen and oxygen atoms in total. The van der Waals surface area contributed by atoms with E-state index in [0.29, 0.717) is 17.5 Å². The van der Waals surface area contributed by atoms with E-state index in [9.17, 15) is 13.6 Å². The summed E-state index contributed by atoms with van der Waals surface area (Å²) in [6, 6.07) is 9.15. The highest BCUT2D eigenvalue weighted by Gasteiger charge is 2.64. The van der Waals surface area contributed by atoms with Gasteiger partial charge in [-0.05, 0) is 30.2 Å². The average Bonchev–Trinajstić information content (AvgIpc) is 3.48. The van der Waals surface area contributed by atoms with Crippen LogP contribution in [0.25, 0.3) is 0 Å². The van der Waals surface area contributed by atoms with Crippen molar-refractivity contribution in [1.29, 1.82) is 5.26 Å². The number of fused-ring (bicyclic) bond motifs is 1. The number of aliphatic imine (C=N–C) groups is 1. The fraction of sp³-hybridized carbons (Fsp3) is 0.300.